The smallest absolute Gasteiger partial charge is 0.0805 e. The molecule has 0 saturated heterocycles. The van der Waals surface area contributed by atoms with Crippen LogP contribution in [-0.2, 0) is 7.05 Å². The fourth-order valence-electron chi connectivity index (χ4n) is 3.31. The monoisotopic (exact) mass is 324 g/mol. The van der Waals surface area contributed by atoms with Gasteiger partial charge in [0, 0.05) is 34.8 Å². The first-order valence-electron chi connectivity index (χ1n) is 8.49. The van der Waals surface area contributed by atoms with Gasteiger partial charge in [0.1, 0.15) is 0 Å². The number of hydrogen-bond donors (Lipinski definition) is 0. The summed E-state index contributed by atoms with van der Waals surface area (Å²) in [5.74, 6) is 0. The summed E-state index contributed by atoms with van der Waals surface area (Å²) >= 11 is 0. The van der Waals surface area contributed by atoms with Gasteiger partial charge < -0.3 is 4.57 Å². The van der Waals surface area contributed by atoms with E-state index in [-0.39, 0.29) is 0 Å². The van der Waals surface area contributed by atoms with Crippen LogP contribution in [0, 0.1) is 6.92 Å². The summed E-state index contributed by atoms with van der Waals surface area (Å²) in [6.07, 6.45) is 0. The molecule has 0 saturated carbocycles. The van der Waals surface area contributed by atoms with Crippen LogP contribution in [0.15, 0.2) is 89.9 Å². The normalized spacial score (nSPS) is 11.8. The summed E-state index contributed by atoms with van der Waals surface area (Å²) in [4.78, 5) is 5.03. The minimum Gasteiger partial charge on any atom is -0.347 e. The molecule has 0 aliphatic rings. The molecule has 0 spiro atoms. The van der Waals surface area contributed by atoms with Crippen molar-refractivity contribution in [3.05, 3.63) is 102 Å². The van der Waals surface area contributed by atoms with Crippen LogP contribution in [0.4, 0.5) is 5.69 Å². The summed E-state index contributed by atoms with van der Waals surface area (Å²) in [5, 5.41) is 1.24. The number of aliphatic imine (C=N–C) groups is 1. The molecule has 0 radical (unpaired) electrons. The average molecular weight is 324 g/mol. The third-order valence-electron chi connectivity index (χ3n) is 4.68. The second-order valence-electron chi connectivity index (χ2n) is 6.20. The topological polar surface area (TPSA) is 17.3 Å². The highest BCUT2D eigenvalue weighted by atomic mass is 14.9. The lowest BCUT2D eigenvalue weighted by molar-refractivity contribution is 0.916. The van der Waals surface area contributed by atoms with Crippen molar-refractivity contribution in [2.45, 2.75) is 6.92 Å². The fraction of sp³-hybridized carbons (Fsp3) is 0.0870. The van der Waals surface area contributed by atoms with Crippen LogP contribution in [0.2, 0.25) is 0 Å². The van der Waals surface area contributed by atoms with Crippen LogP contribution >= 0.6 is 0 Å². The molecule has 2 nitrogen and oxygen atoms in total. The molecule has 25 heavy (non-hydrogen) atoms. The largest absolute Gasteiger partial charge is 0.347 e. The van der Waals surface area contributed by atoms with Crippen molar-refractivity contribution in [3.8, 4) is 0 Å². The van der Waals surface area contributed by atoms with E-state index in [1.165, 1.54) is 22.2 Å². The Balaban J connectivity index is 2.03. The van der Waals surface area contributed by atoms with Gasteiger partial charge in [-0.25, -0.2) is 4.99 Å². The Bertz CT molecular complexity index is 1040. The van der Waals surface area contributed by atoms with Gasteiger partial charge in [-0.05, 0) is 25.1 Å². The second-order valence-corrected chi connectivity index (χ2v) is 6.20. The first-order chi connectivity index (χ1) is 12.3. The van der Waals surface area contributed by atoms with Crippen LogP contribution in [0.25, 0.3) is 10.9 Å². The molecule has 1 heterocycles. The molecule has 0 amide bonds. The molecule has 4 aromatic rings. The maximum Gasteiger partial charge on any atom is 0.0805 e. The molecule has 3 aromatic carbocycles. The van der Waals surface area contributed by atoms with Gasteiger partial charge in [-0.1, -0.05) is 66.7 Å². The number of nitrogens with zero attached hydrogens (tertiary/aromatic N) is 2. The maximum atomic E-state index is 5.03. The Kier molecular flexibility index (Phi) is 3.95. The van der Waals surface area contributed by atoms with E-state index in [1.54, 1.807) is 0 Å². The van der Waals surface area contributed by atoms with Crippen LogP contribution in [0.5, 0.6) is 0 Å². The first kappa shape index (κ1) is 15.4. The predicted octanol–water partition coefficient (Wildman–Crippen LogP) is 5.66. The van der Waals surface area contributed by atoms with Gasteiger partial charge in [-0.3, -0.25) is 0 Å². The molecule has 2 heteroatoms. The van der Waals surface area contributed by atoms with Gasteiger partial charge in [0.2, 0.25) is 0 Å². The highest BCUT2D eigenvalue weighted by Gasteiger charge is 2.18. The maximum absolute atomic E-state index is 5.03. The van der Waals surface area contributed by atoms with Crippen molar-refractivity contribution in [1.82, 2.24) is 4.57 Å². The number of hydrogen-bond acceptors (Lipinski definition) is 1. The van der Waals surface area contributed by atoms with Crippen molar-refractivity contribution in [2.75, 3.05) is 0 Å². The Labute approximate surface area is 148 Å². The zero-order chi connectivity index (χ0) is 17.2. The van der Waals surface area contributed by atoms with E-state index in [9.17, 15) is 0 Å². The van der Waals surface area contributed by atoms with Gasteiger partial charge in [0.05, 0.1) is 11.4 Å². The molecule has 0 atom stereocenters. The highest BCUT2D eigenvalue weighted by Crippen LogP contribution is 2.29. The molecular weight excluding hydrogens is 304 g/mol. The van der Waals surface area contributed by atoms with Gasteiger partial charge in [0.25, 0.3) is 0 Å². The second kappa shape index (κ2) is 6.40. The van der Waals surface area contributed by atoms with Gasteiger partial charge in [-0.15, -0.1) is 0 Å². The molecule has 0 N–H and O–H groups in total. The standard InChI is InChI=1S/C23H20N2/c1-17-22(20-15-9-10-16-21(20)25(17)2)23(18-11-5-3-6-12-18)24-19-13-7-4-8-14-19/h3-16H,1-2H3. The van der Waals surface area contributed by atoms with E-state index in [2.05, 4.69) is 67.1 Å². The van der Waals surface area contributed by atoms with Gasteiger partial charge in [-0.2, -0.15) is 0 Å². The molecule has 1 aromatic heterocycles. The quantitative estimate of drug-likeness (QED) is 0.433. The first-order valence-corrected chi connectivity index (χ1v) is 8.49. The van der Waals surface area contributed by atoms with Crippen molar-refractivity contribution in [2.24, 2.45) is 12.0 Å². The van der Waals surface area contributed by atoms with E-state index in [1.807, 2.05) is 36.4 Å². The average Bonchev–Trinajstić information content (AvgIpc) is 2.93. The van der Waals surface area contributed by atoms with Crippen molar-refractivity contribution in [3.63, 3.8) is 0 Å². The SMILES string of the molecule is Cc1c(C(=Nc2ccccc2)c2ccccc2)c2ccccc2n1C. The predicted molar refractivity (Wildman–Crippen MR) is 106 cm³/mol. The molecule has 0 aliphatic heterocycles. The van der Waals surface area contributed by atoms with Crippen LogP contribution in [0.1, 0.15) is 16.8 Å². The Morgan fingerprint density at radius 1 is 0.760 bits per heavy atom. The van der Waals surface area contributed by atoms with E-state index in [4.69, 9.17) is 4.99 Å². The summed E-state index contributed by atoms with van der Waals surface area (Å²) in [5.41, 5.74) is 6.76. The Hall–Kier alpha value is -3.13. The fourth-order valence-corrected chi connectivity index (χ4v) is 3.31. The highest BCUT2D eigenvalue weighted by molar-refractivity contribution is 6.21. The van der Waals surface area contributed by atoms with Crippen LogP contribution in [-0.4, -0.2) is 10.3 Å². The van der Waals surface area contributed by atoms with Crippen LogP contribution in [0.3, 0.4) is 0 Å². The molecule has 4 rings (SSSR count). The van der Waals surface area contributed by atoms with Crippen molar-refractivity contribution in [1.29, 1.82) is 0 Å². The van der Waals surface area contributed by atoms with Gasteiger partial charge in [0.15, 0.2) is 0 Å². The molecule has 0 bridgehead atoms. The number of para-hydroxylation sites is 2. The number of benzene rings is 3. The third-order valence-corrected chi connectivity index (χ3v) is 4.68. The Morgan fingerprint density at radius 2 is 1.36 bits per heavy atom. The third kappa shape index (κ3) is 2.76. The number of fused-ring (bicyclic) bond motifs is 1. The van der Waals surface area contributed by atoms with E-state index < -0.39 is 0 Å². The van der Waals surface area contributed by atoms with E-state index in [0.29, 0.717) is 0 Å². The minimum absolute atomic E-state index is 0.966. The molecular formula is C23H20N2. The van der Waals surface area contributed by atoms with Gasteiger partial charge >= 0.3 is 0 Å². The van der Waals surface area contributed by atoms with E-state index in [0.717, 1.165) is 17.0 Å². The zero-order valence-corrected chi connectivity index (χ0v) is 14.5. The Morgan fingerprint density at radius 3 is 2.08 bits per heavy atom. The lowest BCUT2D eigenvalue weighted by Crippen LogP contribution is -2.05. The summed E-state index contributed by atoms with van der Waals surface area (Å²) in [6.45, 7) is 2.17. The van der Waals surface area contributed by atoms with Crippen molar-refractivity contribution >= 4 is 22.3 Å². The van der Waals surface area contributed by atoms with Crippen LogP contribution < -0.4 is 0 Å². The zero-order valence-electron chi connectivity index (χ0n) is 14.5. The number of aromatic nitrogens is 1. The molecule has 0 fully saturated rings. The van der Waals surface area contributed by atoms with Crippen molar-refractivity contribution < 1.29 is 0 Å². The summed E-state index contributed by atoms with van der Waals surface area (Å²) in [7, 11) is 2.12. The lowest BCUT2D eigenvalue weighted by atomic mass is 9.99. The molecule has 122 valence electrons. The summed E-state index contributed by atoms with van der Waals surface area (Å²) in [6, 6.07) is 29.1. The summed E-state index contributed by atoms with van der Waals surface area (Å²) < 4.78 is 2.24. The molecule has 0 unspecified atom stereocenters. The lowest BCUT2D eigenvalue weighted by Gasteiger charge is -2.09. The number of aryl methyl sites for hydroxylation is 1. The number of rotatable bonds is 3. The van der Waals surface area contributed by atoms with E-state index >= 15 is 0 Å². The molecule has 0 aliphatic carbocycles. The minimum atomic E-state index is 0.966.